The highest BCUT2D eigenvalue weighted by molar-refractivity contribution is 5.79. The molecule has 0 bridgehead atoms. The predicted molar refractivity (Wildman–Crippen MR) is 119 cm³/mol. The number of hydrogen-bond donors (Lipinski definition) is 0. The number of aromatic nitrogens is 2. The van der Waals surface area contributed by atoms with Crippen LogP contribution >= 0.6 is 0 Å². The molecule has 0 spiro atoms. The van der Waals surface area contributed by atoms with E-state index < -0.39 is 0 Å². The number of nitrogens with zero attached hydrogens (tertiary/aromatic N) is 2. The molecule has 0 aliphatic heterocycles. The molecule has 0 saturated heterocycles. The van der Waals surface area contributed by atoms with E-state index in [1.54, 1.807) is 29.9 Å². The number of benzene rings is 3. The van der Waals surface area contributed by atoms with Crippen molar-refractivity contribution in [2.24, 2.45) is 0 Å². The summed E-state index contributed by atoms with van der Waals surface area (Å²) in [6.07, 6.45) is 1.49. The average Bonchev–Trinajstić information content (AvgIpc) is 2.81. The molecule has 0 aliphatic rings. The molecular weight excluding hydrogens is 395 g/mol. The van der Waals surface area contributed by atoms with Crippen molar-refractivity contribution in [3.05, 3.63) is 89.0 Å². The third-order valence-corrected chi connectivity index (χ3v) is 5.07. The minimum absolute atomic E-state index is 0.0594. The van der Waals surface area contributed by atoms with Crippen LogP contribution in [-0.4, -0.2) is 23.3 Å². The zero-order chi connectivity index (χ0) is 21.6. The van der Waals surface area contributed by atoms with Crippen LogP contribution in [0.15, 0.2) is 77.6 Å². The molecule has 0 aliphatic carbocycles. The van der Waals surface area contributed by atoms with Gasteiger partial charge in [-0.05, 0) is 73.5 Å². The standard InChI is InChI=1S/C25H23FN2O3/c1-30-20-12-8-18(9-13-20)24-27-23-7-3-2-6-22(23)25(29)28(24)16-4-5-17-31-21-14-10-19(26)11-15-21/h2-3,6-15H,4-5,16-17H2,1H3. The summed E-state index contributed by atoms with van der Waals surface area (Å²) in [4.78, 5) is 18.0. The average molecular weight is 418 g/mol. The molecule has 5 nitrogen and oxygen atoms in total. The van der Waals surface area contributed by atoms with Crippen LogP contribution in [0.2, 0.25) is 0 Å². The SMILES string of the molecule is COc1ccc(-c2nc3ccccc3c(=O)n2CCCCOc2ccc(F)cc2)cc1. The Kier molecular flexibility index (Phi) is 6.26. The fourth-order valence-corrected chi connectivity index (χ4v) is 3.43. The first kappa shape index (κ1) is 20.6. The topological polar surface area (TPSA) is 53.3 Å². The van der Waals surface area contributed by atoms with Gasteiger partial charge in [0.25, 0.3) is 5.56 Å². The van der Waals surface area contributed by atoms with E-state index in [4.69, 9.17) is 14.5 Å². The van der Waals surface area contributed by atoms with E-state index in [-0.39, 0.29) is 11.4 Å². The van der Waals surface area contributed by atoms with Gasteiger partial charge in [-0.1, -0.05) is 12.1 Å². The first-order valence-corrected chi connectivity index (χ1v) is 10.2. The van der Waals surface area contributed by atoms with Crippen molar-refractivity contribution in [2.45, 2.75) is 19.4 Å². The number of para-hydroxylation sites is 1. The molecule has 3 aromatic carbocycles. The Bertz CT molecular complexity index is 1220. The van der Waals surface area contributed by atoms with E-state index in [9.17, 15) is 9.18 Å². The van der Waals surface area contributed by atoms with E-state index in [0.717, 1.165) is 24.2 Å². The Morgan fingerprint density at radius 1 is 0.903 bits per heavy atom. The number of unbranched alkanes of at least 4 members (excludes halogenated alkanes) is 1. The first-order chi connectivity index (χ1) is 15.2. The molecule has 0 N–H and O–H groups in total. The summed E-state index contributed by atoms with van der Waals surface area (Å²) < 4.78 is 25.6. The Labute approximate surface area is 179 Å². The summed E-state index contributed by atoms with van der Waals surface area (Å²) in [6, 6.07) is 20.9. The fraction of sp³-hybridized carbons (Fsp3) is 0.200. The van der Waals surface area contributed by atoms with Crippen LogP contribution in [0.25, 0.3) is 22.3 Å². The smallest absolute Gasteiger partial charge is 0.261 e. The molecule has 4 rings (SSSR count). The Morgan fingerprint density at radius 3 is 2.35 bits per heavy atom. The van der Waals surface area contributed by atoms with E-state index in [0.29, 0.717) is 35.6 Å². The Morgan fingerprint density at radius 2 is 1.61 bits per heavy atom. The van der Waals surface area contributed by atoms with Gasteiger partial charge in [-0.15, -0.1) is 0 Å². The summed E-state index contributed by atoms with van der Waals surface area (Å²) in [7, 11) is 1.62. The highest BCUT2D eigenvalue weighted by Gasteiger charge is 2.12. The van der Waals surface area contributed by atoms with E-state index in [2.05, 4.69) is 0 Å². The van der Waals surface area contributed by atoms with Crippen molar-refractivity contribution in [1.29, 1.82) is 0 Å². The third-order valence-electron chi connectivity index (χ3n) is 5.07. The zero-order valence-electron chi connectivity index (χ0n) is 17.3. The second kappa shape index (κ2) is 9.43. The van der Waals surface area contributed by atoms with Crippen molar-refractivity contribution >= 4 is 10.9 Å². The second-order valence-electron chi connectivity index (χ2n) is 7.15. The van der Waals surface area contributed by atoms with Gasteiger partial charge in [0.05, 0.1) is 24.6 Å². The summed E-state index contributed by atoms with van der Waals surface area (Å²) in [5.41, 5.74) is 1.47. The van der Waals surface area contributed by atoms with Crippen molar-refractivity contribution in [2.75, 3.05) is 13.7 Å². The van der Waals surface area contributed by atoms with E-state index in [1.165, 1.54) is 12.1 Å². The third kappa shape index (κ3) is 4.74. The molecule has 0 atom stereocenters. The number of rotatable bonds is 8. The number of ether oxygens (including phenoxy) is 2. The van der Waals surface area contributed by atoms with Crippen LogP contribution in [0.4, 0.5) is 4.39 Å². The monoisotopic (exact) mass is 418 g/mol. The lowest BCUT2D eigenvalue weighted by Crippen LogP contribution is -2.24. The molecule has 0 saturated carbocycles. The molecule has 158 valence electrons. The molecule has 4 aromatic rings. The van der Waals surface area contributed by atoms with Gasteiger partial charge in [-0.2, -0.15) is 0 Å². The predicted octanol–water partition coefficient (Wildman–Crippen LogP) is 5.07. The van der Waals surface area contributed by atoms with Crippen LogP contribution in [0.5, 0.6) is 11.5 Å². The number of hydrogen-bond acceptors (Lipinski definition) is 4. The Balaban J connectivity index is 1.54. The maximum absolute atomic E-state index is 13.2. The van der Waals surface area contributed by atoms with Crippen LogP contribution in [0, 0.1) is 5.82 Å². The van der Waals surface area contributed by atoms with Gasteiger partial charge in [0.2, 0.25) is 0 Å². The number of fused-ring (bicyclic) bond motifs is 1. The molecule has 0 unspecified atom stereocenters. The first-order valence-electron chi connectivity index (χ1n) is 10.2. The van der Waals surface area contributed by atoms with Crippen LogP contribution in [0.1, 0.15) is 12.8 Å². The molecule has 0 fully saturated rings. The molecule has 31 heavy (non-hydrogen) atoms. The summed E-state index contributed by atoms with van der Waals surface area (Å²) >= 11 is 0. The zero-order valence-corrected chi connectivity index (χ0v) is 17.3. The van der Waals surface area contributed by atoms with Gasteiger partial charge in [0, 0.05) is 12.1 Å². The molecule has 6 heteroatoms. The van der Waals surface area contributed by atoms with Crippen LogP contribution in [-0.2, 0) is 6.54 Å². The van der Waals surface area contributed by atoms with Gasteiger partial charge in [-0.25, -0.2) is 9.37 Å². The maximum Gasteiger partial charge on any atom is 0.261 e. The van der Waals surface area contributed by atoms with E-state index >= 15 is 0 Å². The van der Waals surface area contributed by atoms with Gasteiger partial charge in [-0.3, -0.25) is 9.36 Å². The summed E-state index contributed by atoms with van der Waals surface area (Å²) in [6.45, 7) is 1.00. The minimum Gasteiger partial charge on any atom is -0.497 e. The number of halogens is 1. The number of methoxy groups -OCH3 is 1. The lowest BCUT2D eigenvalue weighted by atomic mass is 10.1. The van der Waals surface area contributed by atoms with Gasteiger partial charge >= 0.3 is 0 Å². The fourth-order valence-electron chi connectivity index (χ4n) is 3.43. The second-order valence-corrected chi connectivity index (χ2v) is 7.15. The highest BCUT2D eigenvalue weighted by atomic mass is 19.1. The van der Waals surface area contributed by atoms with Crippen molar-refractivity contribution in [1.82, 2.24) is 9.55 Å². The van der Waals surface area contributed by atoms with Crippen molar-refractivity contribution in [3.8, 4) is 22.9 Å². The molecule has 1 aromatic heterocycles. The van der Waals surface area contributed by atoms with Gasteiger partial charge in [0.15, 0.2) is 0 Å². The molecule has 0 radical (unpaired) electrons. The quantitative estimate of drug-likeness (QED) is 0.375. The largest absolute Gasteiger partial charge is 0.497 e. The summed E-state index contributed by atoms with van der Waals surface area (Å²) in [5, 5.41) is 0.599. The van der Waals surface area contributed by atoms with Crippen molar-refractivity contribution < 1.29 is 13.9 Å². The maximum atomic E-state index is 13.2. The minimum atomic E-state index is -0.290. The van der Waals surface area contributed by atoms with Crippen LogP contribution in [0.3, 0.4) is 0 Å². The van der Waals surface area contributed by atoms with Gasteiger partial charge < -0.3 is 9.47 Å². The lowest BCUT2D eigenvalue weighted by Gasteiger charge is -2.14. The van der Waals surface area contributed by atoms with E-state index in [1.807, 2.05) is 42.5 Å². The van der Waals surface area contributed by atoms with Crippen molar-refractivity contribution in [3.63, 3.8) is 0 Å². The highest BCUT2D eigenvalue weighted by Crippen LogP contribution is 2.22. The Hall–Kier alpha value is -3.67. The summed E-state index contributed by atoms with van der Waals surface area (Å²) in [5.74, 6) is 1.72. The van der Waals surface area contributed by atoms with Gasteiger partial charge in [0.1, 0.15) is 23.1 Å². The molecular formula is C25H23FN2O3. The molecule has 0 amide bonds. The lowest BCUT2D eigenvalue weighted by molar-refractivity contribution is 0.302. The molecule has 1 heterocycles. The van der Waals surface area contributed by atoms with Crippen LogP contribution < -0.4 is 15.0 Å². The normalized spacial score (nSPS) is 10.9.